The van der Waals surface area contributed by atoms with Crippen molar-refractivity contribution in [1.29, 1.82) is 0 Å². The summed E-state index contributed by atoms with van der Waals surface area (Å²) in [5.41, 5.74) is 4.32. The average Bonchev–Trinajstić information content (AvgIpc) is 3.08. The van der Waals surface area contributed by atoms with E-state index in [9.17, 15) is 4.79 Å². The Hall–Kier alpha value is -2.70. The van der Waals surface area contributed by atoms with Crippen molar-refractivity contribution >= 4 is 17.2 Å². The molecule has 6 nitrogen and oxygen atoms in total. The van der Waals surface area contributed by atoms with Crippen LogP contribution >= 0.6 is 0 Å². The predicted molar refractivity (Wildman–Crippen MR) is 107 cm³/mol. The Bertz CT molecular complexity index is 956. The second kappa shape index (κ2) is 7.50. The lowest BCUT2D eigenvalue weighted by atomic mass is 10.1. The maximum atomic E-state index is 12.7. The largest absolute Gasteiger partial charge is 0.320 e. The summed E-state index contributed by atoms with van der Waals surface area (Å²) in [4.78, 5) is 22.0. The van der Waals surface area contributed by atoms with Gasteiger partial charge in [-0.2, -0.15) is 0 Å². The molecular weight excluding hydrogens is 338 g/mol. The Balaban J connectivity index is 1.50. The maximum absolute atomic E-state index is 12.7. The molecule has 0 radical (unpaired) electrons. The number of carbonyl (C=O) groups is 1. The van der Waals surface area contributed by atoms with Crippen molar-refractivity contribution in [3.05, 3.63) is 65.6 Å². The molecule has 1 N–H and O–H groups in total. The summed E-state index contributed by atoms with van der Waals surface area (Å²) < 4.78 is 1.89. The minimum absolute atomic E-state index is 0.179. The van der Waals surface area contributed by atoms with Crippen LogP contribution in [0.4, 0.5) is 5.69 Å². The van der Waals surface area contributed by atoms with Gasteiger partial charge in [-0.3, -0.25) is 9.69 Å². The summed E-state index contributed by atoms with van der Waals surface area (Å²) in [6, 6.07) is 11.9. The topological polar surface area (TPSA) is 52.9 Å². The minimum atomic E-state index is -0.179. The molecule has 0 spiro atoms. The first-order valence-corrected chi connectivity index (χ1v) is 9.34. The lowest BCUT2D eigenvalue weighted by Crippen LogP contribution is -2.43. The zero-order valence-electron chi connectivity index (χ0n) is 15.9. The monoisotopic (exact) mass is 363 g/mol. The van der Waals surface area contributed by atoms with Crippen LogP contribution in [-0.4, -0.2) is 58.3 Å². The van der Waals surface area contributed by atoms with Crippen molar-refractivity contribution < 1.29 is 4.79 Å². The number of imidazole rings is 1. The Morgan fingerprint density at radius 2 is 1.85 bits per heavy atom. The first kappa shape index (κ1) is 17.7. The van der Waals surface area contributed by atoms with E-state index in [-0.39, 0.29) is 5.91 Å². The number of benzene rings is 1. The van der Waals surface area contributed by atoms with Gasteiger partial charge in [-0.15, -0.1) is 0 Å². The van der Waals surface area contributed by atoms with Gasteiger partial charge in [-0.1, -0.05) is 24.3 Å². The van der Waals surface area contributed by atoms with Gasteiger partial charge in [-0.25, -0.2) is 4.98 Å². The molecule has 3 aromatic rings. The van der Waals surface area contributed by atoms with Crippen LogP contribution in [0.2, 0.25) is 0 Å². The molecule has 1 fully saturated rings. The van der Waals surface area contributed by atoms with E-state index in [1.807, 2.05) is 47.9 Å². The number of pyridine rings is 1. The number of anilines is 1. The Morgan fingerprint density at radius 1 is 1.07 bits per heavy atom. The number of para-hydroxylation sites is 1. The number of carbonyl (C=O) groups excluding carboxylic acids is 1. The van der Waals surface area contributed by atoms with E-state index >= 15 is 0 Å². The molecule has 1 saturated heterocycles. The summed E-state index contributed by atoms with van der Waals surface area (Å²) in [6.07, 6.45) is 3.75. The number of amides is 1. The van der Waals surface area contributed by atoms with Crippen molar-refractivity contribution in [3.63, 3.8) is 0 Å². The van der Waals surface area contributed by atoms with Gasteiger partial charge in [0.15, 0.2) is 0 Å². The van der Waals surface area contributed by atoms with Crippen LogP contribution in [0.5, 0.6) is 0 Å². The fourth-order valence-electron chi connectivity index (χ4n) is 3.43. The Kier molecular flexibility index (Phi) is 4.92. The quantitative estimate of drug-likeness (QED) is 0.774. The lowest BCUT2D eigenvalue weighted by molar-refractivity contribution is 0.102. The second-order valence-corrected chi connectivity index (χ2v) is 7.29. The highest BCUT2D eigenvalue weighted by Gasteiger charge is 2.17. The van der Waals surface area contributed by atoms with Crippen LogP contribution in [0, 0.1) is 6.92 Å². The minimum Gasteiger partial charge on any atom is -0.320 e. The van der Waals surface area contributed by atoms with E-state index in [4.69, 9.17) is 0 Å². The molecular formula is C21H25N5O. The van der Waals surface area contributed by atoms with Gasteiger partial charge in [-0.05, 0) is 37.2 Å². The number of hydrogen-bond donors (Lipinski definition) is 1. The van der Waals surface area contributed by atoms with Gasteiger partial charge in [0.05, 0.1) is 0 Å². The molecule has 3 heterocycles. The zero-order chi connectivity index (χ0) is 18.8. The number of fused-ring (bicyclic) bond motifs is 1. The number of piperazine rings is 1. The van der Waals surface area contributed by atoms with E-state index in [1.165, 1.54) is 0 Å². The van der Waals surface area contributed by atoms with E-state index < -0.39 is 0 Å². The third-order valence-electron chi connectivity index (χ3n) is 5.09. The molecule has 6 heteroatoms. The molecule has 0 bridgehead atoms. The number of aromatic nitrogens is 2. The third-order valence-corrected chi connectivity index (χ3v) is 5.09. The van der Waals surface area contributed by atoms with Crippen LogP contribution in [0.1, 0.15) is 21.6 Å². The standard InChI is InChI=1S/C21H25N5O/c1-16-7-8-20-22-19(15-26(20)13-16)21(27)23-18-6-4-3-5-17(18)14-25-11-9-24(2)10-12-25/h3-8,13,15H,9-12,14H2,1-2H3,(H,23,27). The third kappa shape index (κ3) is 4.02. The molecule has 0 aliphatic carbocycles. The highest BCUT2D eigenvalue weighted by atomic mass is 16.1. The molecule has 0 unspecified atom stereocenters. The van der Waals surface area contributed by atoms with Gasteiger partial charge in [0.1, 0.15) is 11.3 Å². The van der Waals surface area contributed by atoms with E-state index in [0.29, 0.717) is 5.69 Å². The van der Waals surface area contributed by atoms with Crippen LogP contribution < -0.4 is 5.32 Å². The number of hydrogen-bond acceptors (Lipinski definition) is 4. The molecule has 1 amide bonds. The van der Waals surface area contributed by atoms with Crippen LogP contribution in [0.3, 0.4) is 0 Å². The first-order valence-electron chi connectivity index (χ1n) is 9.34. The van der Waals surface area contributed by atoms with Gasteiger partial charge in [0, 0.05) is 50.8 Å². The summed E-state index contributed by atoms with van der Waals surface area (Å²) in [5.74, 6) is -0.179. The normalized spacial score (nSPS) is 15.9. The number of likely N-dealkylation sites (N-methyl/N-ethyl adjacent to an activating group) is 1. The fraction of sp³-hybridized carbons (Fsp3) is 0.333. The van der Waals surface area contributed by atoms with Crippen molar-refractivity contribution in [2.24, 2.45) is 0 Å². The number of nitrogens with zero attached hydrogens (tertiary/aromatic N) is 4. The second-order valence-electron chi connectivity index (χ2n) is 7.29. The van der Waals surface area contributed by atoms with E-state index in [2.05, 4.69) is 33.2 Å². The molecule has 0 atom stereocenters. The number of nitrogens with one attached hydrogen (secondary N) is 1. The maximum Gasteiger partial charge on any atom is 0.275 e. The molecule has 1 aliphatic rings. The highest BCUT2D eigenvalue weighted by Crippen LogP contribution is 2.19. The Morgan fingerprint density at radius 3 is 2.67 bits per heavy atom. The molecule has 0 saturated carbocycles. The molecule has 2 aromatic heterocycles. The summed E-state index contributed by atoms with van der Waals surface area (Å²) in [7, 11) is 2.15. The molecule has 27 heavy (non-hydrogen) atoms. The fourth-order valence-corrected chi connectivity index (χ4v) is 3.43. The average molecular weight is 363 g/mol. The summed E-state index contributed by atoms with van der Waals surface area (Å²) in [6.45, 7) is 7.11. The predicted octanol–water partition coefficient (Wildman–Crippen LogP) is 2.64. The number of rotatable bonds is 4. The van der Waals surface area contributed by atoms with Crippen molar-refractivity contribution in [3.8, 4) is 0 Å². The van der Waals surface area contributed by atoms with Crippen molar-refractivity contribution in [1.82, 2.24) is 19.2 Å². The number of aryl methyl sites for hydroxylation is 1. The SMILES string of the molecule is Cc1ccc2nc(C(=O)Nc3ccccc3CN3CCN(C)CC3)cn2c1. The highest BCUT2D eigenvalue weighted by molar-refractivity contribution is 6.03. The van der Waals surface area contributed by atoms with Gasteiger partial charge in [0.2, 0.25) is 0 Å². The Labute approximate surface area is 159 Å². The lowest BCUT2D eigenvalue weighted by Gasteiger charge is -2.32. The smallest absolute Gasteiger partial charge is 0.275 e. The van der Waals surface area contributed by atoms with E-state index in [0.717, 1.165) is 55.2 Å². The van der Waals surface area contributed by atoms with E-state index in [1.54, 1.807) is 6.20 Å². The molecule has 4 rings (SSSR count). The van der Waals surface area contributed by atoms with Crippen LogP contribution in [0.15, 0.2) is 48.8 Å². The van der Waals surface area contributed by atoms with Crippen molar-refractivity contribution in [2.45, 2.75) is 13.5 Å². The van der Waals surface area contributed by atoms with Crippen LogP contribution in [0.25, 0.3) is 5.65 Å². The van der Waals surface area contributed by atoms with Crippen molar-refractivity contribution in [2.75, 3.05) is 38.5 Å². The van der Waals surface area contributed by atoms with Gasteiger partial charge < -0.3 is 14.6 Å². The zero-order valence-corrected chi connectivity index (χ0v) is 15.9. The van der Waals surface area contributed by atoms with Crippen LogP contribution in [-0.2, 0) is 6.54 Å². The summed E-state index contributed by atoms with van der Waals surface area (Å²) >= 11 is 0. The molecule has 1 aromatic carbocycles. The summed E-state index contributed by atoms with van der Waals surface area (Å²) in [5, 5.41) is 3.05. The molecule has 140 valence electrons. The van der Waals surface area contributed by atoms with Gasteiger partial charge >= 0.3 is 0 Å². The van der Waals surface area contributed by atoms with Gasteiger partial charge in [0.25, 0.3) is 5.91 Å². The first-order chi connectivity index (χ1) is 13.1. The molecule has 1 aliphatic heterocycles.